The number of aryl methyl sites for hydroxylation is 3. The van der Waals surface area contributed by atoms with Gasteiger partial charge in [0.05, 0.1) is 23.7 Å². The van der Waals surface area contributed by atoms with Crippen LogP contribution in [0.4, 0.5) is 0 Å². The molecule has 130 valence electrons. The highest BCUT2D eigenvalue weighted by molar-refractivity contribution is 5.97. The number of carbonyl (C=O) groups excluding carboxylic acids is 1. The lowest BCUT2D eigenvalue weighted by molar-refractivity contribution is 0.0916. The average Bonchev–Trinajstić information content (AvgIpc) is 2.93. The molecule has 0 radical (unpaired) electrons. The van der Waals surface area contributed by atoms with Crippen molar-refractivity contribution < 1.29 is 9.90 Å². The lowest BCUT2D eigenvalue weighted by Gasteiger charge is -2.17. The Hall–Kier alpha value is -2.66. The van der Waals surface area contributed by atoms with Gasteiger partial charge in [-0.1, -0.05) is 31.2 Å². The van der Waals surface area contributed by atoms with Gasteiger partial charge in [-0.25, -0.2) is 4.98 Å². The summed E-state index contributed by atoms with van der Waals surface area (Å²) < 4.78 is 1.99. The van der Waals surface area contributed by atoms with Crippen LogP contribution in [0, 0.1) is 6.92 Å². The van der Waals surface area contributed by atoms with Crippen LogP contribution in [0.15, 0.2) is 42.5 Å². The number of nitrogens with one attached hydrogen (secondary N) is 1. The first-order chi connectivity index (χ1) is 12.0. The zero-order valence-corrected chi connectivity index (χ0v) is 14.8. The van der Waals surface area contributed by atoms with Crippen LogP contribution in [0.2, 0.25) is 0 Å². The molecule has 2 aromatic carbocycles. The van der Waals surface area contributed by atoms with Crippen molar-refractivity contribution in [1.29, 1.82) is 0 Å². The van der Waals surface area contributed by atoms with E-state index in [0.717, 1.165) is 28.8 Å². The third kappa shape index (κ3) is 3.42. The summed E-state index contributed by atoms with van der Waals surface area (Å²) in [6.45, 7) is 3.87. The average molecular weight is 337 g/mol. The first kappa shape index (κ1) is 17.2. The van der Waals surface area contributed by atoms with E-state index in [1.165, 1.54) is 5.56 Å². The lowest BCUT2D eigenvalue weighted by atomic mass is 10.0. The van der Waals surface area contributed by atoms with Gasteiger partial charge in [0.1, 0.15) is 5.82 Å². The molecule has 1 atom stereocenters. The Morgan fingerprint density at radius 2 is 1.96 bits per heavy atom. The van der Waals surface area contributed by atoms with Gasteiger partial charge in [-0.3, -0.25) is 4.79 Å². The molecule has 25 heavy (non-hydrogen) atoms. The van der Waals surface area contributed by atoms with Crippen molar-refractivity contribution >= 4 is 16.9 Å². The van der Waals surface area contributed by atoms with Gasteiger partial charge in [0.15, 0.2) is 0 Å². The van der Waals surface area contributed by atoms with Crippen LogP contribution in [0.5, 0.6) is 0 Å². The van der Waals surface area contributed by atoms with Gasteiger partial charge in [0.25, 0.3) is 5.91 Å². The summed E-state index contributed by atoms with van der Waals surface area (Å²) in [5.41, 5.74) is 4.43. The Labute approximate surface area is 147 Å². The third-order valence-electron chi connectivity index (χ3n) is 4.64. The number of hydrogen-bond donors (Lipinski definition) is 2. The monoisotopic (exact) mass is 337 g/mol. The number of rotatable bonds is 5. The second-order valence-electron chi connectivity index (χ2n) is 6.23. The molecular formula is C20H23N3O2. The Kier molecular flexibility index (Phi) is 4.86. The summed E-state index contributed by atoms with van der Waals surface area (Å²) in [5, 5.41) is 12.6. The summed E-state index contributed by atoms with van der Waals surface area (Å²) in [6.07, 6.45) is 0.958. The van der Waals surface area contributed by atoms with E-state index < -0.39 is 6.04 Å². The molecule has 0 aliphatic rings. The van der Waals surface area contributed by atoms with E-state index in [9.17, 15) is 9.90 Å². The zero-order valence-electron chi connectivity index (χ0n) is 14.8. The third-order valence-corrected chi connectivity index (χ3v) is 4.64. The minimum atomic E-state index is -0.431. The summed E-state index contributed by atoms with van der Waals surface area (Å²) in [5.74, 6) is 0.681. The predicted octanol–water partition coefficient (Wildman–Crippen LogP) is 2.91. The molecule has 0 saturated heterocycles. The summed E-state index contributed by atoms with van der Waals surface area (Å²) >= 11 is 0. The van der Waals surface area contributed by atoms with Crippen LogP contribution in [0.25, 0.3) is 11.0 Å². The van der Waals surface area contributed by atoms with Crippen LogP contribution in [-0.4, -0.2) is 27.2 Å². The number of imidazole rings is 1. The second-order valence-corrected chi connectivity index (χ2v) is 6.23. The topological polar surface area (TPSA) is 67.2 Å². The van der Waals surface area contributed by atoms with Crippen molar-refractivity contribution in [2.24, 2.45) is 7.05 Å². The van der Waals surface area contributed by atoms with Gasteiger partial charge >= 0.3 is 0 Å². The van der Waals surface area contributed by atoms with Crippen LogP contribution in [0.1, 0.15) is 40.3 Å². The van der Waals surface area contributed by atoms with Crippen molar-refractivity contribution in [3.8, 4) is 0 Å². The van der Waals surface area contributed by atoms with Gasteiger partial charge in [-0.05, 0) is 42.7 Å². The molecule has 1 aromatic heterocycles. The molecule has 0 spiro atoms. The largest absolute Gasteiger partial charge is 0.394 e. The molecule has 5 nitrogen and oxygen atoms in total. The van der Waals surface area contributed by atoms with Crippen molar-refractivity contribution in [2.75, 3.05) is 6.61 Å². The second kappa shape index (κ2) is 7.07. The molecule has 0 aliphatic heterocycles. The van der Waals surface area contributed by atoms with Gasteiger partial charge < -0.3 is 15.0 Å². The quantitative estimate of drug-likeness (QED) is 0.752. The number of aliphatic hydroxyl groups is 1. The first-order valence-electron chi connectivity index (χ1n) is 8.47. The van der Waals surface area contributed by atoms with Gasteiger partial charge in [-0.15, -0.1) is 0 Å². The summed E-state index contributed by atoms with van der Waals surface area (Å²) in [6, 6.07) is 13.0. The van der Waals surface area contributed by atoms with Gasteiger partial charge in [-0.2, -0.15) is 0 Å². The van der Waals surface area contributed by atoms with Gasteiger partial charge in [0, 0.05) is 12.6 Å². The van der Waals surface area contributed by atoms with Crippen molar-refractivity contribution in [3.63, 3.8) is 0 Å². The molecule has 0 fully saturated rings. The van der Waals surface area contributed by atoms with E-state index in [1.54, 1.807) is 12.1 Å². The minimum absolute atomic E-state index is 0.151. The molecule has 5 heteroatoms. The van der Waals surface area contributed by atoms with E-state index in [1.807, 2.05) is 48.9 Å². The Morgan fingerprint density at radius 3 is 2.60 bits per heavy atom. The fourth-order valence-electron chi connectivity index (χ4n) is 2.92. The van der Waals surface area contributed by atoms with E-state index in [2.05, 4.69) is 17.2 Å². The number of aromatic nitrogens is 2. The molecule has 3 rings (SSSR count). The molecule has 0 aliphatic carbocycles. The number of nitrogens with zero attached hydrogens (tertiary/aromatic N) is 2. The minimum Gasteiger partial charge on any atom is -0.394 e. The molecular weight excluding hydrogens is 314 g/mol. The summed E-state index contributed by atoms with van der Waals surface area (Å²) in [4.78, 5) is 17.1. The molecule has 1 unspecified atom stereocenters. The Bertz CT molecular complexity index is 897. The highest BCUT2D eigenvalue weighted by atomic mass is 16.3. The Morgan fingerprint density at radius 1 is 1.24 bits per heavy atom. The normalized spacial score (nSPS) is 12.3. The van der Waals surface area contributed by atoms with Crippen LogP contribution < -0.4 is 5.32 Å². The van der Waals surface area contributed by atoms with E-state index in [0.29, 0.717) is 5.56 Å². The van der Waals surface area contributed by atoms with Crippen molar-refractivity contribution in [2.45, 2.75) is 26.3 Å². The maximum Gasteiger partial charge on any atom is 0.251 e. The Balaban J connectivity index is 1.81. The molecule has 2 N–H and O–H groups in total. The lowest BCUT2D eigenvalue weighted by Crippen LogP contribution is -2.30. The molecule has 1 heterocycles. The highest BCUT2D eigenvalue weighted by Crippen LogP contribution is 2.18. The fourth-order valence-corrected chi connectivity index (χ4v) is 2.92. The standard InChI is InChI=1S/C20H23N3O2/c1-4-14-5-7-15(8-6-14)18(12-24)22-20(25)16-9-10-19-17(11-16)21-13(2)23(19)3/h5-11,18,24H,4,12H2,1-3H3,(H,22,25). The van der Waals surface area contributed by atoms with E-state index >= 15 is 0 Å². The fraction of sp³-hybridized carbons (Fsp3) is 0.300. The molecule has 1 amide bonds. The number of aliphatic hydroxyl groups excluding tert-OH is 1. The smallest absolute Gasteiger partial charge is 0.251 e. The number of fused-ring (bicyclic) bond motifs is 1. The SMILES string of the molecule is CCc1ccc(C(CO)NC(=O)c2ccc3c(c2)nc(C)n3C)cc1. The molecule has 0 saturated carbocycles. The van der Waals surface area contributed by atoms with Gasteiger partial charge in [0.2, 0.25) is 0 Å². The maximum atomic E-state index is 12.6. The summed E-state index contributed by atoms with van der Waals surface area (Å²) in [7, 11) is 1.95. The van der Waals surface area contributed by atoms with E-state index in [4.69, 9.17) is 0 Å². The predicted molar refractivity (Wildman–Crippen MR) is 98.6 cm³/mol. The van der Waals surface area contributed by atoms with Crippen molar-refractivity contribution in [3.05, 3.63) is 65.0 Å². The molecule has 3 aromatic rings. The van der Waals surface area contributed by atoms with Crippen molar-refractivity contribution in [1.82, 2.24) is 14.9 Å². The molecule has 0 bridgehead atoms. The number of carbonyl (C=O) groups is 1. The highest BCUT2D eigenvalue weighted by Gasteiger charge is 2.16. The van der Waals surface area contributed by atoms with E-state index in [-0.39, 0.29) is 12.5 Å². The number of hydrogen-bond acceptors (Lipinski definition) is 3. The van der Waals surface area contributed by atoms with Crippen LogP contribution in [-0.2, 0) is 13.5 Å². The zero-order chi connectivity index (χ0) is 18.0. The van der Waals surface area contributed by atoms with Crippen LogP contribution >= 0.6 is 0 Å². The van der Waals surface area contributed by atoms with Crippen LogP contribution in [0.3, 0.4) is 0 Å². The number of amides is 1. The number of benzene rings is 2. The maximum absolute atomic E-state index is 12.6. The first-order valence-corrected chi connectivity index (χ1v) is 8.47.